The molecule has 0 atom stereocenters. The fourth-order valence-electron chi connectivity index (χ4n) is 1.03. The van der Waals surface area contributed by atoms with E-state index in [2.05, 4.69) is 4.98 Å². The molecule has 0 fully saturated rings. The number of pyridine rings is 1. The predicted molar refractivity (Wildman–Crippen MR) is 52.9 cm³/mol. The van der Waals surface area contributed by atoms with Gasteiger partial charge in [-0.15, -0.1) is 0 Å². The Morgan fingerprint density at radius 3 is 1.93 bits per heavy atom. The molecule has 0 unspecified atom stereocenters. The highest BCUT2D eigenvalue weighted by atomic mass is 35.5. The van der Waals surface area contributed by atoms with Gasteiger partial charge in [-0.05, 0) is 12.1 Å². The van der Waals surface area contributed by atoms with Crippen LogP contribution in [0.1, 0.15) is 32.2 Å². The quantitative estimate of drug-likeness (QED) is 0.663. The van der Waals surface area contributed by atoms with Gasteiger partial charge < -0.3 is 0 Å². The van der Waals surface area contributed by atoms with Crippen LogP contribution in [0.4, 0.5) is 13.2 Å². The second-order valence-electron chi connectivity index (χ2n) is 4.30. The first kappa shape index (κ1) is 12.3. The minimum Gasteiger partial charge on any atom is -0.248 e. The first-order valence-corrected chi connectivity index (χ1v) is 4.74. The summed E-state index contributed by atoms with van der Waals surface area (Å²) in [7, 11) is 0. The fraction of sp³-hybridized carbons (Fsp3) is 0.500. The van der Waals surface area contributed by atoms with Gasteiger partial charge >= 0.3 is 6.18 Å². The van der Waals surface area contributed by atoms with E-state index in [1.165, 1.54) is 6.07 Å². The molecule has 0 aliphatic rings. The molecule has 84 valence electrons. The monoisotopic (exact) mass is 237 g/mol. The first-order valence-electron chi connectivity index (χ1n) is 4.36. The van der Waals surface area contributed by atoms with Crippen molar-refractivity contribution in [3.63, 3.8) is 0 Å². The SMILES string of the molecule is CC(C)(C)c1cc(Cl)cc(C(F)(F)F)n1. The number of nitrogens with zero attached hydrogens (tertiary/aromatic N) is 1. The number of aromatic nitrogens is 1. The molecule has 0 aromatic carbocycles. The highest BCUT2D eigenvalue weighted by Gasteiger charge is 2.34. The lowest BCUT2D eigenvalue weighted by Crippen LogP contribution is -2.17. The zero-order valence-corrected chi connectivity index (χ0v) is 9.37. The van der Waals surface area contributed by atoms with Gasteiger partial charge in [-0.25, -0.2) is 4.98 Å². The summed E-state index contributed by atoms with van der Waals surface area (Å²) in [5.41, 5.74) is -1.06. The van der Waals surface area contributed by atoms with E-state index in [0.29, 0.717) is 5.69 Å². The number of halogens is 4. The molecule has 15 heavy (non-hydrogen) atoms. The molecule has 1 aromatic rings. The summed E-state index contributed by atoms with van der Waals surface area (Å²) in [6.07, 6.45) is -4.45. The minimum absolute atomic E-state index is 0.0576. The summed E-state index contributed by atoms with van der Waals surface area (Å²) in [6, 6.07) is 2.29. The van der Waals surface area contributed by atoms with Gasteiger partial charge in [0.15, 0.2) is 0 Å². The van der Waals surface area contributed by atoms with Gasteiger partial charge in [0.1, 0.15) is 5.69 Å². The molecule has 0 saturated carbocycles. The smallest absolute Gasteiger partial charge is 0.248 e. The van der Waals surface area contributed by atoms with Crippen LogP contribution in [-0.2, 0) is 11.6 Å². The molecule has 0 amide bonds. The van der Waals surface area contributed by atoms with Crippen LogP contribution in [0.25, 0.3) is 0 Å². The van der Waals surface area contributed by atoms with Crippen molar-refractivity contribution in [3.05, 3.63) is 28.5 Å². The molecule has 1 nitrogen and oxygen atoms in total. The topological polar surface area (TPSA) is 12.9 Å². The lowest BCUT2D eigenvalue weighted by molar-refractivity contribution is -0.141. The maximum absolute atomic E-state index is 12.4. The van der Waals surface area contributed by atoms with E-state index in [1.54, 1.807) is 20.8 Å². The van der Waals surface area contributed by atoms with E-state index < -0.39 is 17.3 Å². The van der Waals surface area contributed by atoms with Crippen LogP contribution in [0.2, 0.25) is 5.02 Å². The molecule has 5 heteroatoms. The van der Waals surface area contributed by atoms with E-state index in [1.807, 2.05) is 0 Å². The van der Waals surface area contributed by atoms with Gasteiger partial charge in [-0.3, -0.25) is 0 Å². The number of hydrogen-bond acceptors (Lipinski definition) is 1. The summed E-state index contributed by atoms with van der Waals surface area (Å²) in [5, 5.41) is 0.0576. The molecule has 1 heterocycles. The zero-order chi connectivity index (χ0) is 11.9. The number of alkyl halides is 3. The van der Waals surface area contributed by atoms with Gasteiger partial charge in [0.05, 0.1) is 0 Å². The third-order valence-corrected chi connectivity index (χ3v) is 2.07. The van der Waals surface area contributed by atoms with Crippen LogP contribution in [0.3, 0.4) is 0 Å². The molecule has 1 aromatic heterocycles. The molecule has 0 spiro atoms. The lowest BCUT2D eigenvalue weighted by Gasteiger charge is -2.19. The minimum atomic E-state index is -4.45. The van der Waals surface area contributed by atoms with Crippen molar-refractivity contribution >= 4 is 11.6 Å². The van der Waals surface area contributed by atoms with Crippen molar-refractivity contribution in [1.29, 1.82) is 0 Å². The van der Waals surface area contributed by atoms with Gasteiger partial charge in [-0.2, -0.15) is 13.2 Å². The first-order chi connectivity index (χ1) is 6.60. The Labute approximate surface area is 91.3 Å². The normalized spacial score (nSPS) is 13.0. The largest absolute Gasteiger partial charge is 0.433 e. The van der Waals surface area contributed by atoms with Crippen LogP contribution in [0.5, 0.6) is 0 Å². The summed E-state index contributed by atoms with van der Waals surface area (Å²) < 4.78 is 37.2. The maximum Gasteiger partial charge on any atom is 0.433 e. The molecule has 1 rings (SSSR count). The van der Waals surface area contributed by atoms with Crippen molar-refractivity contribution in [2.75, 3.05) is 0 Å². The second-order valence-corrected chi connectivity index (χ2v) is 4.74. The molecule has 0 radical (unpaired) electrons. The van der Waals surface area contributed by atoms with Crippen LogP contribution >= 0.6 is 11.6 Å². The van der Waals surface area contributed by atoms with E-state index in [4.69, 9.17) is 11.6 Å². The van der Waals surface area contributed by atoms with Gasteiger partial charge in [-0.1, -0.05) is 32.4 Å². The Morgan fingerprint density at radius 2 is 1.53 bits per heavy atom. The van der Waals surface area contributed by atoms with E-state index >= 15 is 0 Å². The van der Waals surface area contributed by atoms with Gasteiger partial charge in [0, 0.05) is 16.1 Å². The van der Waals surface area contributed by atoms with E-state index in [-0.39, 0.29) is 5.02 Å². The summed E-state index contributed by atoms with van der Waals surface area (Å²) in [5.74, 6) is 0. The van der Waals surface area contributed by atoms with Crippen LogP contribution in [0, 0.1) is 0 Å². The van der Waals surface area contributed by atoms with Crippen molar-refractivity contribution in [3.8, 4) is 0 Å². The summed E-state index contributed by atoms with van der Waals surface area (Å²) in [4.78, 5) is 3.57. The lowest BCUT2D eigenvalue weighted by atomic mass is 9.91. The zero-order valence-electron chi connectivity index (χ0n) is 8.61. The Kier molecular flexibility index (Phi) is 3.01. The highest BCUT2D eigenvalue weighted by Crippen LogP contribution is 2.32. The Bertz CT molecular complexity index is 334. The van der Waals surface area contributed by atoms with E-state index in [9.17, 15) is 13.2 Å². The average molecular weight is 238 g/mol. The molecule has 0 bridgehead atoms. The molecule has 0 N–H and O–H groups in total. The summed E-state index contributed by atoms with van der Waals surface area (Å²) in [6.45, 7) is 5.35. The maximum atomic E-state index is 12.4. The van der Waals surface area contributed by atoms with Crippen molar-refractivity contribution in [1.82, 2.24) is 4.98 Å². The third-order valence-electron chi connectivity index (χ3n) is 1.85. The van der Waals surface area contributed by atoms with Crippen LogP contribution in [-0.4, -0.2) is 4.98 Å². The van der Waals surface area contributed by atoms with E-state index in [0.717, 1.165) is 6.07 Å². The van der Waals surface area contributed by atoms with Crippen LogP contribution in [0.15, 0.2) is 12.1 Å². The predicted octanol–water partition coefficient (Wildman–Crippen LogP) is 4.05. The highest BCUT2D eigenvalue weighted by molar-refractivity contribution is 6.30. The summed E-state index contributed by atoms with van der Waals surface area (Å²) >= 11 is 5.62. The standard InChI is InChI=1S/C10H11ClF3N/c1-9(2,3)7-4-6(11)5-8(15-7)10(12,13)14/h4-5H,1-3H3. The Balaban J connectivity index is 3.30. The number of rotatable bonds is 0. The van der Waals surface area contributed by atoms with Gasteiger partial charge in [0.2, 0.25) is 0 Å². The molecular formula is C10H11ClF3N. The molecule has 0 saturated heterocycles. The molecule has 0 aliphatic carbocycles. The Hall–Kier alpha value is -0.770. The van der Waals surface area contributed by atoms with Gasteiger partial charge in [0.25, 0.3) is 0 Å². The molecule has 0 aliphatic heterocycles. The van der Waals surface area contributed by atoms with Crippen molar-refractivity contribution in [2.45, 2.75) is 32.4 Å². The fourth-order valence-corrected chi connectivity index (χ4v) is 1.23. The molecular weight excluding hydrogens is 227 g/mol. The average Bonchev–Trinajstić information content (AvgIpc) is 1.99. The third kappa shape index (κ3) is 3.09. The van der Waals surface area contributed by atoms with Crippen molar-refractivity contribution < 1.29 is 13.2 Å². The Morgan fingerprint density at radius 1 is 1.07 bits per heavy atom. The number of hydrogen-bond donors (Lipinski definition) is 0. The second kappa shape index (κ2) is 3.67. The van der Waals surface area contributed by atoms with Crippen LogP contribution < -0.4 is 0 Å². The van der Waals surface area contributed by atoms with Crippen molar-refractivity contribution in [2.24, 2.45) is 0 Å².